The number of carbonyl (C=O) groups is 1. The second-order valence-electron chi connectivity index (χ2n) is 3.44. The summed E-state index contributed by atoms with van der Waals surface area (Å²) in [6.45, 7) is 0. The second kappa shape index (κ2) is 6.11. The van der Waals surface area contributed by atoms with Crippen molar-refractivity contribution in [2.45, 2.75) is 31.7 Å². The maximum Gasteiger partial charge on any atom is 0.279 e. The number of thioether (sulfide) groups is 1. The lowest BCUT2D eigenvalue weighted by Gasteiger charge is -2.30. The molecule has 0 radical (unpaired) electrons. The van der Waals surface area contributed by atoms with Crippen LogP contribution >= 0.6 is 34.4 Å². The van der Waals surface area contributed by atoms with E-state index >= 15 is 0 Å². The summed E-state index contributed by atoms with van der Waals surface area (Å²) in [6.07, 6.45) is 6.88. The van der Waals surface area contributed by atoms with Crippen LogP contribution in [0.5, 0.6) is 0 Å². The molecule has 4 heteroatoms. The third kappa shape index (κ3) is 3.65. The summed E-state index contributed by atoms with van der Waals surface area (Å²) < 4.78 is 1.16. The maximum absolute atomic E-state index is 11.2. The molecular weight excluding hydrogens is 297 g/mol. The van der Waals surface area contributed by atoms with Gasteiger partial charge in [0.1, 0.15) is 0 Å². The van der Waals surface area contributed by atoms with E-state index in [2.05, 4.69) is 27.9 Å². The molecule has 76 valence electrons. The summed E-state index contributed by atoms with van der Waals surface area (Å²) >= 11 is 3.70. The predicted octanol–water partition coefficient (Wildman–Crippen LogP) is 3.05. The fourth-order valence-corrected chi connectivity index (χ4v) is 3.12. The van der Waals surface area contributed by atoms with E-state index in [1.165, 1.54) is 37.4 Å². The average molecular weight is 313 g/mol. The van der Waals surface area contributed by atoms with Crippen molar-refractivity contribution >= 4 is 39.6 Å². The topological polar surface area (TPSA) is 29.1 Å². The quantitative estimate of drug-likeness (QED) is 0.627. The molecule has 2 nitrogen and oxygen atoms in total. The number of alkyl halides is 1. The minimum absolute atomic E-state index is 0.127. The summed E-state index contributed by atoms with van der Waals surface area (Å²) in [4.78, 5) is 11.2. The first-order valence-electron chi connectivity index (χ1n) is 4.68. The normalized spacial score (nSPS) is 28.5. The predicted molar refractivity (Wildman–Crippen MR) is 66.7 cm³/mol. The Morgan fingerprint density at radius 1 is 1.54 bits per heavy atom. The molecule has 0 spiro atoms. The lowest BCUT2D eigenvalue weighted by Crippen LogP contribution is -2.41. The number of halogens is 1. The highest BCUT2D eigenvalue weighted by atomic mass is 127. The average Bonchev–Trinajstić information content (AvgIpc) is 2.18. The zero-order chi connectivity index (χ0) is 9.68. The monoisotopic (exact) mass is 313 g/mol. The largest absolute Gasteiger partial charge is 0.344 e. The molecule has 1 saturated carbocycles. The van der Waals surface area contributed by atoms with Crippen LogP contribution in [0.1, 0.15) is 25.7 Å². The standard InChI is InChI=1S/C9H16INOS/c1-13-9(12)11-8-5-3-2-4-7(8)6-10/h7-8H,2-6H2,1H3,(H,11,12)/t7-,8-/m0/s1. The Balaban J connectivity index is 2.40. The summed E-state index contributed by atoms with van der Waals surface area (Å²) in [6, 6.07) is 0.436. The van der Waals surface area contributed by atoms with Crippen molar-refractivity contribution in [3.8, 4) is 0 Å². The van der Waals surface area contributed by atoms with Gasteiger partial charge in [0.15, 0.2) is 0 Å². The molecule has 0 unspecified atom stereocenters. The smallest absolute Gasteiger partial charge is 0.279 e. The van der Waals surface area contributed by atoms with E-state index in [0.29, 0.717) is 12.0 Å². The van der Waals surface area contributed by atoms with Gasteiger partial charge in [0, 0.05) is 10.5 Å². The highest BCUT2D eigenvalue weighted by molar-refractivity contribution is 14.1. The first-order valence-corrected chi connectivity index (χ1v) is 7.43. The number of hydrogen-bond donors (Lipinski definition) is 1. The van der Waals surface area contributed by atoms with Crippen molar-refractivity contribution in [3.05, 3.63) is 0 Å². The zero-order valence-electron chi connectivity index (χ0n) is 7.88. The fraction of sp³-hybridized carbons (Fsp3) is 0.889. The van der Waals surface area contributed by atoms with Crippen LogP contribution in [0, 0.1) is 5.92 Å². The first kappa shape index (κ1) is 11.6. The van der Waals surface area contributed by atoms with E-state index in [0.717, 1.165) is 4.43 Å². The van der Waals surface area contributed by atoms with Gasteiger partial charge in [-0.3, -0.25) is 4.79 Å². The Hall–Kier alpha value is 0.550. The van der Waals surface area contributed by atoms with Crippen LogP contribution in [0.25, 0.3) is 0 Å². The molecule has 0 aromatic heterocycles. The molecule has 2 atom stereocenters. The molecule has 1 fully saturated rings. The molecule has 1 rings (SSSR count). The van der Waals surface area contributed by atoms with Crippen molar-refractivity contribution in [2.24, 2.45) is 5.92 Å². The Labute approximate surface area is 97.7 Å². The fourth-order valence-electron chi connectivity index (χ4n) is 1.79. The Bertz CT molecular complexity index is 177. The van der Waals surface area contributed by atoms with Crippen LogP contribution in [0.4, 0.5) is 4.79 Å². The van der Waals surface area contributed by atoms with Gasteiger partial charge >= 0.3 is 0 Å². The number of rotatable bonds is 2. The SMILES string of the molecule is CSC(=O)N[C@H]1CCCC[C@H]1CI. The minimum Gasteiger partial charge on any atom is -0.344 e. The summed E-state index contributed by atoms with van der Waals surface area (Å²) in [5, 5.41) is 3.22. The Morgan fingerprint density at radius 3 is 2.85 bits per heavy atom. The summed E-state index contributed by atoms with van der Waals surface area (Å²) in [5.74, 6) is 0.699. The highest BCUT2D eigenvalue weighted by Crippen LogP contribution is 2.26. The van der Waals surface area contributed by atoms with Gasteiger partial charge in [0.25, 0.3) is 5.24 Å². The number of hydrogen-bond acceptors (Lipinski definition) is 2. The third-order valence-electron chi connectivity index (χ3n) is 2.60. The van der Waals surface area contributed by atoms with Crippen LogP contribution < -0.4 is 5.32 Å². The Kier molecular flexibility index (Phi) is 5.47. The van der Waals surface area contributed by atoms with Gasteiger partial charge in [-0.05, 0) is 25.0 Å². The summed E-state index contributed by atoms with van der Waals surface area (Å²) in [7, 11) is 0. The van der Waals surface area contributed by atoms with Crippen molar-refractivity contribution in [1.82, 2.24) is 5.32 Å². The van der Waals surface area contributed by atoms with Crippen LogP contribution in [0.3, 0.4) is 0 Å². The van der Waals surface area contributed by atoms with Crippen LogP contribution in [-0.4, -0.2) is 22.0 Å². The van der Waals surface area contributed by atoms with Gasteiger partial charge in [-0.2, -0.15) is 0 Å². The molecule has 0 saturated heterocycles. The number of nitrogens with one attached hydrogen (secondary N) is 1. The van der Waals surface area contributed by atoms with Gasteiger partial charge in [-0.15, -0.1) is 0 Å². The molecule has 1 N–H and O–H groups in total. The minimum atomic E-state index is 0.127. The van der Waals surface area contributed by atoms with Crippen LogP contribution in [0.2, 0.25) is 0 Å². The molecular formula is C9H16INOS. The van der Waals surface area contributed by atoms with Gasteiger partial charge in [0.05, 0.1) is 0 Å². The van der Waals surface area contributed by atoms with Gasteiger partial charge in [-0.25, -0.2) is 0 Å². The molecule has 0 heterocycles. The Morgan fingerprint density at radius 2 is 2.23 bits per heavy atom. The highest BCUT2D eigenvalue weighted by Gasteiger charge is 2.24. The van der Waals surface area contributed by atoms with Crippen molar-refractivity contribution in [2.75, 3.05) is 10.7 Å². The van der Waals surface area contributed by atoms with E-state index in [1.807, 2.05) is 6.26 Å². The molecule has 0 bridgehead atoms. The molecule has 13 heavy (non-hydrogen) atoms. The lowest BCUT2D eigenvalue weighted by molar-refractivity contribution is 0.242. The molecule has 0 aromatic carbocycles. The van der Waals surface area contributed by atoms with Gasteiger partial charge in [-0.1, -0.05) is 47.2 Å². The lowest BCUT2D eigenvalue weighted by atomic mass is 9.86. The molecule has 1 amide bonds. The van der Waals surface area contributed by atoms with E-state index in [1.54, 1.807) is 0 Å². The van der Waals surface area contributed by atoms with Gasteiger partial charge < -0.3 is 5.32 Å². The number of amides is 1. The van der Waals surface area contributed by atoms with Crippen molar-refractivity contribution in [1.29, 1.82) is 0 Å². The molecule has 0 aromatic rings. The molecule has 1 aliphatic carbocycles. The van der Waals surface area contributed by atoms with E-state index < -0.39 is 0 Å². The van der Waals surface area contributed by atoms with Crippen molar-refractivity contribution in [3.63, 3.8) is 0 Å². The molecule has 0 aliphatic heterocycles. The second-order valence-corrected chi connectivity index (χ2v) is 5.10. The number of carbonyl (C=O) groups excluding carboxylic acids is 1. The van der Waals surface area contributed by atoms with E-state index in [9.17, 15) is 4.79 Å². The third-order valence-corrected chi connectivity index (χ3v) is 4.22. The zero-order valence-corrected chi connectivity index (χ0v) is 10.9. The van der Waals surface area contributed by atoms with E-state index in [4.69, 9.17) is 0 Å². The van der Waals surface area contributed by atoms with E-state index in [-0.39, 0.29) is 5.24 Å². The van der Waals surface area contributed by atoms with Crippen LogP contribution in [-0.2, 0) is 0 Å². The van der Waals surface area contributed by atoms with Crippen LogP contribution in [0.15, 0.2) is 0 Å². The summed E-state index contributed by atoms with van der Waals surface area (Å²) in [5.41, 5.74) is 0. The molecule has 1 aliphatic rings. The maximum atomic E-state index is 11.2. The van der Waals surface area contributed by atoms with Gasteiger partial charge in [0.2, 0.25) is 0 Å². The first-order chi connectivity index (χ1) is 6.27. The van der Waals surface area contributed by atoms with Crippen molar-refractivity contribution < 1.29 is 4.79 Å².